The van der Waals surface area contributed by atoms with Gasteiger partial charge in [-0.3, -0.25) is 4.79 Å². The molecule has 1 aromatic heterocycles. The SMILES string of the molecule is CCN(CC)C(=O)N1CCC(Cn2nc(-c3ccccc3)ccc2=O)CC1. The van der Waals surface area contributed by atoms with Crippen LogP contribution in [0.2, 0.25) is 0 Å². The van der Waals surface area contributed by atoms with Crippen molar-refractivity contribution < 1.29 is 4.79 Å². The quantitative estimate of drug-likeness (QED) is 0.815. The lowest BCUT2D eigenvalue weighted by Gasteiger charge is -2.35. The number of rotatable bonds is 5. The second-order valence-corrected chi connectivity index (χ2v) is 6.99. The summed E-state index contributed by atoms with van der Waals surface area (Å²) < 4.78 is 1.58. The summed E-state index contributed by atoms with van der Waals surface area (Å²) in [5.41, 5.74) is 1.74. The molecule has 2 heterocycles. The van der Waals surface area contributed by atoms with Gasteiger partial charge in [-0.05, 0) is 38.7 Å². The van der Waals surface area contributed by atoms with Crippen molar-refractivity contribution in [1.29, 1.82) is 0 Å². The van der Waals surface area contributed by atoms with E-state index in [-0.39, 0.29) is 11.6 Å². The summed E-state index contributed by atoms with van der Waals surface area (Å²) in [5, 5.41) is 4.56. The van der Waals surface area contributed by atoms with Gasteiger partial charge in [-0.15, -0.1) is 0 Å². The van der Waals surface area contributed by atoms with Crippen LogP contribution < -0.4 is 5.56 Å². The molecule has 27 heavy (non-hydrogen) atoms. The molecule has 1 aliphatic heterocycles. The van der Waals surface area contributed by atoms with Crippen molar-refractivity contribution in [2.45, 2.75) is 33.2 Å². The van der Waals surface area contributed by atoms with Crippen LogP contribution in [-0.2, 0) is 6.54 Å². The molecule has 0 unspecified atom stereocenters. The highest BCUT2D eigenvalue weighted by atomic mass is 16.2. The third-order valence-electron chi connectivity index (χ3n) is 5.29. The van der Waals surface area contributed by atoms with Gasteiger partial charge >= 0.3 is 6.03 Å². The average Bonchev–Trinajstić information content (AvgIpc) is 2.71. The van der Waals surface area contributed by atoms with Crippen molar-refractivity contribution in [3.05, 3.63) is 52.8 Å². The molecule has 6 heteroatoms. The van der Waals surface area contributed by atoms with Gasteiger partial charge in [0, 0.05) is 44.4 Å². The van der Waals surface area contributed by atoms with Crippen molar-refractivity contribution in [3.8, 4) is 11.3 Å². The Bertz CT molecular complexity index is 806. The molecule has 0 aliphatic carbocycles. The highest BCUT2D eigenvalue weighted by molar-refractivity contribution is 5.74. The maximum absolute atomic E-state index is 12.5. The molecule has 1 fully saturated rings. The fourth-order valence-electron chi connectivity index (χ4n) is 3.59. The zero-order valence-corrected chi connectivity index (χ0v) is 16.2. The first kappa shape index (κ1) is 19.1. The Morgan fingerprint density at radius 1 is 1.07 bits per heavy atom. The van der Waals surface area contributed by atoms with Crippen molar-refractivity contribution >= 4 is 6.03 Å². The van der Waals surface area contributed by atoms with E-state index in [2.05, 4.69) is 5.10 Å². The molecule has 144 valence electrons. The number of benzene rings is 1. The van der Waals surface area contributed by atoms with E-state index >= 15 is 0 Å². The average molecular weight is 368 g/mol. The van der Waals surface area contributed by atoms with Gasteiger partial charge in [0.1, 0.15) is 0 Å². The van der Waals surface area contributed by atoms with Crippen molar-refractivity contribution in [1.82, 2.24) is 19.6 Å². The normalized spacial score (nSPS) is 15.0. The van der Waals surface area contributed by atoms with Crippen LogP contribution in [0.15, 0.2) is 47.3 Å². The molecule has 0 atom stereocenters. The molecule has 1 aliphatic rings. The number of hydrogen-bond acceptors (Lipinski definition) is 3. The third kappa shape index (κ3) is 4.56. The van der Waals surface area contributed by atoms with Crippen LogP contribution in [0, 0.1) is 5.92 Å². The molecule has 0 spiro atoms. The second-order valence-electron chi connectivity index (χ2n) is 6.99. The van der Waals surface area contributed by atoms with Crippen LogP contribution in [0.25, 0.3) is 11.3 Å². The monoisotopic (exact) mass is 368 g/mol. The molecular formula is C21H28N4O2. The summed E-state index contributed by atoms with van der Waals surface area (Å²) in [4.78, 5) is 28.5. The zero-order chi connectivity index (χ0) is 19.2. The van der Waals surface area contributed by atoms with Gasteiger partial charge in [0.25, 0.3) is 5.56 Å². The van der Waals surface area contributed by atoms with Crippen LogP contribution in [-0.4, -0.2) is 51.8 Å². The fraction of sp³-hybridized carbons (Fsp3) is 0.476. The summed E-state index contributed by atoms with van der Waals surface area (Å²) in [7, 11) is 0. The van der Waals surface area contributed by atoms with Crippen LogP contribution in [0.3, 0.4) is 0 Å². The van der Waals surface area contributed by atoms with Gasteiger partial charge in [0.15, 0.2) is 0 Å². The number of urea groups is 1. The standard InChI is InChI=1S/C21H28N4O2/c1-3-23(4-2)21(27)24-14-12-17(13-15-24)16-25-20(26)11-10-19(22-25)18-8-6-5-7-9-18/h5-11,17H,3-4,12-16H2,1-2H3. The largest absolute Gasteiger partial charge is 0.325 e. The minimum atomic E-state index is -0.0728. The number of amides is 2. The zero-order valence-electron chi connectivity index (χ0n) is 16.2. The Morgan fingerprint density at radius 2 is 1.74 bits per heavy atom. The van der Waals surface area contributed by atoms with E-state index in [1.54, 1.807) is 16.8 Å². The number of likely N-dealkylation sites (tertiary alicyclic amines) is 1. The lowest BCUT2D eigenvalue weighted by atomic mass is 9.97. The first-order valence-electron chi connectivity index (χ1n) is 9.79. The van der Waals surface area contributed by atoms with Gasteiger partial charge in [-0.2, -0.15) is 5.10 Å². The molecule has 2 aromatic rings. The van der Waals surface area contributed by atoms with Gasteiger partial charge in [0.05, 0.1) is 5.69 Å². The van der Waals surface area contributed by atoms with Crippen LogP contribution >= 0.6 is 0 Å². The predicted octanol–water partition coefficient (Wildman–Crippen LogP) is 3.08. The smallest absolute Gasteiger partial charge is 0.319 e. The number of hydrogen-bond donors (Lipinski definition) is 0. The summed E-state index contributed by atoms with van der Waals surface area (Å²) >= 11 is 0. The Kier molecular flexibility index (Phi) is 6.27. The number of nitrogens with zero attached hydrogens (tertiary/aromatic N) is 4. The van der Waals surface area contributed by atoms with E-state index in [4.69, 9.17) is 0 Å². The molecule has 6 nitrogen and oxygen atoms in total. The highest BCUT2D eigenvalue weighted by Gasteiger charge is 2.25. The first-order valence-corrected chi connectivity index (χ1v) is 9.79. The van der Waals surface area contributed by atoms with Crippen LogP contribution in [0.5, 0.6) is 0 Å². The van der Waals surface area contributed by atoms with Gasteiger partial charge < -0.3 is 9.80 Å². The van der Waals surface area contributed by atoms with Crippen LogP contribution in [0.1, 0.15) is 26.7 Å². The minimum absolute atomic E-state index is 0.0728. The van der Waals surface area contributed by atoms with E-state index in [1.165, 1.54) is 0 Å². The molecule has 1 aromatic carbocycles. The first-order chi connectivity index (χ1) is 13.1. The number of aromatic nitrogens is 2. The molecule has 0 bridgehead atoms. The van der Waals surface area contributed by atoms with Crippen LogP contribution in [0.4, 0.5) is 4.79 Å². The van der Waals surface area contributed by atoms with Gasteiger partial charge in [-0.25, -0.2) is 9.48 Å². The van der Waals surface area contributed by atoms with Crippen molar-refractivity contribution in [2.24, 2.45) is 5.92 Å². The molecule has 2 amide bonds. The molecular weight excluding hydrogens is 340 g/mol. The summed E-state index contributed by atoms with van der Waals surface area (Å²) in [5.74, 6) is 0.363. The molecule has 0 radical (unpaired) electrons. The van der Waals surface area contributed by atoms with E-state index in [1.807, 2.05) is 54.0 Å². The van der Waals surface area contributed by atoms with E-state index < -0.39 is 0 Å². The number of piperidine rings is 1. The maximum Gasteiger partial charge on any atom is 0.319 e. The molecule has 0 N–H and O–H groups in total. The molecule has 0 saturated carbocycles. The third-order valence-corrected chi connectivity index (χ3v) is 5.29. The molecule has 1 saturated heterocycles. The van der Waals surface area contributed by atoms with Gasteiger partial charge in [-0.1, -0.05) is 30.3 Å². The van der Waals surface area contributed by atoms with E-state index in [0.717, 1.165) is 50.3 Å². The lowest BCUT2D eigenvalue weighted by Crippen LogP contribution is -2.47. The summed E-state index contributed by atoms with van der Waals surface area (Å²) in [6, 6.07) is 13.4. The van der Waals surface area contributed by atoms with Crippen molar-refractivity contribution in [3.63, 3.8) is 0 Å². The highest BCUT2D eigenvalue weighted by Crippen LogP contribution is 2.20. The minimum Gasteiger partial charge on any atom is -0.325 e. The number of carbonyl (C=O) groups is 1. The predicted molar refractivity (Wildman–Crippen MR) is 107 cm³/mol. The number of carbonyl (C=O) groups excluding carboxylic acids is 1. The Hall–Kier alpha value is -2.63. The summed E-state index contributed by atoms with van der Waals surface area (Å²) in [6.07, 6.45) is 1.80. The van der Waals surface area contributed by atoms with Crippen molar-refractivity contribution in [2.75, 3.05) is 26.2 Å². The Balaban J connectivity index is 1.64. The Labute approximate surface area is 160 Å². The second kappa shape index (κ2) is 8.84. The lowest BCUT2D eigenvalue weighted by molar-refractivity contribution is 0.131. The van der Waals surface area contributed by atoms with E-state index in [9.17, 15) is 9.59 Å². The Morgan fingerprint density at radius 3 is 2.37 bits per heavy atom. The fourth-order valence-corrected chi connectivity index (χ4v) is 3.59. The topological polar surface area (TPSA) is 58.4 Å². The summed E-state index contributed by atoms with van der Waals surface area (Å²) in [6.45, 7) is 7.58. The van der Waals surface area contributed by atoms with E-state index in [0.29, 0.717) is 12.5 Å². The maximum atomic E-state index is 12.5. The van der Waals surface area contributed by atoms with Gasteiger partial charge in [0.2, 0.25) is 0 Å². The molecule has 3 rings (SSSR count).